The average Bonchev–Trinajstić information content (AvgIpc) is 2.36. The Morgan fingerprint density at radius 2 is 2.05 bits per heavy atom. The van der Waals surface area contributed by atoms with E-state index < -0.39 is 0 Å². The van der Waals surface area contributed by atoms with Crippen LogP contribution in [0.4, 0.5) is 0 Å². The number of benzene rings is 1. The molecule has 1 aromatic rings. The van der Waals surface area contributed by atoms with Gasteiger partial charge in [0.25, 0.3) is 0 Å². The molecule has 0 saturated carbocycles. The molecule has 0 aliphatic carbocycles. The molecule has 19 heavy (non-hydrogen) atoms. The fraction of sp³-hybridized carbons (Fsp3) is 0.429. The van der Waals surface area contributed by atoms with Crippen LogP contribution in [-0.4, -0.2) is 18.4 Å². The van der Waals surface area contributed by atoms with Gasteiger partial charge in [0.05, 0.1) is 13.0 Å². The number of ether oxygens (including phenoxy) is 1. The Hall–Kier alpha value is -0.870. The molecular weight excluding hydrogens is 332 g/mol. The number of Topliss-reactive ketones (excluding diaryl/α,β-unsaturated/α-hetero) is 1. The van der Waals surface area contributed by atoms with Crippen molar-refractivity contribution in [2.75, 3.05) is 6.61 Å². The topological polar surface area (TPSA) is 43.4 Å². The smallest absolute Gasteiger partial charge is 0.306 e. The molecule has 3 nitrogen and oxygen atoms in total. The van der Waals surface area contributed by atoms with E-state index in [1.807, 2.05) is 6.92 Å². The van der Waals surface area contributed by atoms with Crippen LogP contribution >= 0.6 is 27.5 Å². The van der Waals surface area contributed by atoms with E-state index in [4.69, 9.17) is 16.3 Å². The third-order valence-electron chi connectivity index (χ3n) is 2.55. The Morgan fingerprint density at radius 1 is 1.32 bits per heavy atom. The summed E-state index contributed by atoms with van der Waals surface area (Å²) in [5.41, 5.74) is 0.533. The summed E-state index contributed by atoms with van der Waals surface area (Å²) in [7, 11) is 0. The van der Waals surface area contributed by atoms with Crippen LogP contribution in [0.15, 0.2) is 22.7 Å². The zero-order valence-corrected chi connectivity index (χ0v) is 13.1. The summed E-state index contributed by atoms with van der Waals surface area (Å²) in [5, 5.41) is 0.558. The summed E-state index contributed by atoms with van der Waals surface area (Å²) in [6.07, 6.45) is 2.08. The number of halogens is 2. The quantitative estimate of drug-likeness (QED) is 0.417. The second-order valence-electron chi connectivity index (χ2n) is 4.12. The number of hydrogen-bond acceptors (Lipinski definition) is 3. The first-order chi connectivity index (χ1) is 9.04. The van der Waals surface area contributed by atoms with Gasteiger partial charge in [0.15, 0.2) is 5.78 Å². The van der Waals surface area contributed by atoms with Crippen LogP contribution in [0, 0.1) is 0 Å². The molecule has 104 valence electrons. The molecule has 0 saturated heterocycles. The van der Waals surface area contributed by atoms with Crippen LogP contribution in [0.1, 0.15) is 43.0 Å². The number of carbonyl (C=O) groups excluding carboxylic acids is 2. The first-order valence-electron chi connectivity index (χ1n) is 6.18. The van der Waals surface area contributed by atoms with Crippen LogP contribution < -0.4 is 0 Å². The lowest BCUT2D eigenvalue weighted by Crippen LogP contribution is -2.09. The minimum absolute atomic E-state index is 0.101. The molecule has 0 bridgehead atoms. The molecule has 0 spiro atoms. The van der Waals surface area contributed by atoms with Crippen molar-refractivity contribution in [3.63, 3.8) is 0 Å². The predicted octanol–water partition coefficient (Wildman–Crippen LogP) is 4.41. The molecule has 0 aliphatic heterocycles. The van der Waals surface area contributed by atoms with Crippen LogP contribution in [-0.2, 0) is 9.53 Å². The van der Waals surface area contributed by atoms with E-state index in [0.29, 0.717) is 21.7 Å². The van der Waals surface area contributed by atoms with Gasteiger partial charge >= 0.3 is 5.97 Å². The fourth-order valence-corrected chi connectivity index (χ4v) is 2.37. The van der Waals surface area contributed by atoms with Gasteiger partial charge in [0.2, 0.25) is 0 Å². The maximum Gasteiger partial charge on any atom is 0.306 e. The molecule has 0 aliphatic rings. The molecule has 0 aromatic heterocycles. The van der Waals surface area contributed by atoms with E-state index >= 15 is 0 Å². The number of rotatable bonds is 7. The van der Waals surface area contributed by atoms with Gasteiger partial charge in [0.1, 0.15) is 0 Å². The monoisotopic (exact) mass is 346 g/mol. The Bertz CT molecular complexity index is 460. The largest absolute Gasteiger partial charge is 0.466 e. The molecular formula is C14H16BrClO3. The third-order valence-corrected chi connectivity index (χ3v) is 3.44. The lowest BCUT2D eigenvalue weighted by molar-refractivity contribution is -0.143. The molecule has 0 N–H and O–H groups in total. The minimum Gasteiger partial charge on any atom is -0.466 e. The van der Waals surface area contributed by atoms with Crippen molar-refractivity contribution in [1.29, 1.82) is 0 Å². The number of carbonyl (C=O) groups is 2. The first-order valence-corrected chi connectivity index (χ1v) is 7.35. The van der Waals surface area contributed by atoms with Crippen LogP contribution in [0.25, 0.3) is 0 Å². The second-order valence-corrected chi connectivity index (χ2v) is 5.41. The van der Waals surface area contributed by atoms with Gasteiger partial charge in [0, 0.05) is 21.5 Å². The number of hydrogen-bond donors (Lipinski definition) is 0. The van der Waals surface area contributed by atoms with Crippen molar-refractivity contribution in [1.82, 2.24) is 0 Å². The van der Waals surface area contributed by atoms with Crippen LogP contribution in [0.5, 0.6) is 0 Å². The van der Waals surface area contributed by atoms with Crippen molar-refractivity contribution in [2.45, 2.75) is 32.6 Å². The van der Waals surface area contributed by atoms with Gasteiger partial charge in [-0.1, -0.05) is 24.9 Å². The van der Waals surface area contributed by atoms with Gasteiger partial charge < -0.3 is 4.74 Å². The Balaban J connectivity index is 2.45. The zero-order valence-electron chi connectivity index (χ0n) is 10.7. The van der Waals surface area contributed by atoms with Gasteiger partial charge in [-0.2, -0.15) is 0 Å². The molecule has 0 unspecified atom stereocenters. The summed E-state index contributed by atoms with van der Waals surface area (Å²) in [4.78, 5) is 23.3. The molecule has 1 aromatic carbocycles. The second kappa shape index (κ2) is 8.33. The Kier molecular flexibility index (Phi) is 7.10. The van der Waals surface area contributed by atoms with E-state index in [1.165, 1.54) is 0 Å². The molecule has 0 atom stereocenters. The molecule has 0 fully saturated rings. The van der Waals surface area contributed by atoms with E-state index in [1.54, 1.807) is 18.2 Å². The maximum atomic E-state index is 11.9. The first kappa shape index (κ1) is 16.2. The van der Waals surface area contributed by atoms with E-state index in [0.717, 1.165) is 12.8 Å². The highest BCUT2D eigenvalue weighted by atomic mass is 79.9. The standard InChI is InChI=1S/C14H16BrClO3/c1-2-3-8-19-14(18)7-6-13(17)11-5-4-10(16)9-12(11)15/h4-5,9H,2-3,6-8H2,1H3. The number of esters is 1. The summed E-state index contributed by atoms with van der Waals surface area (Å²) >= 11 is 9.09. The SMILES string of the molecule is CCCCOC(=O)CCC(=O)c1ccc(Cl)cc1Br. The highest BCUT2D eigenvalue weighted by Gasteiger charge is 2.13. The maximum absolute atomic E-state index is 11.9. The van der Waals surface area contributed by atoms with Crippen LogP contribution in [0.3, 0.4) is 0 Å². The Labute approximate surface area is 126 Å². The average molecular weight is 348 g/mol. The molecule has 0 heterocycles. The van der Waals surface area contributed by atoms with E-state index in [2.05, 4.69) is 15.9 Å². The van der Waals surface area contributed by atoms with E-state index in [-0.39, 0.29) is 24.6 Å². The minimum atomic E-state index is -0.327. The Morgan fingerprint density at radius 3 is 2.68 bits per heavy atom. The predicted molar refractivity (Wildman–Crippen MR) is 78.6 cm³/mol. The highest BCUT2D eigenvalue weighted by Crippen LogP contribution is 2.23. The van der Waals surface area contributed by atoms with Crippen molar-refractivity contribution >= 4 is 39.3 Å². The number of unbranched alkanes of at least 4 members (excludes halogenated alkanes) is 1. The third kappa shape index (κ3) is 5.74. The molecule has 0 amide bonds. The summed E-state index contributed by atoms with van der Waals surface area (Å²) < 4.78 is 5.64. The summed E-state index contributed by atoms with van der Waals surface area (Å²) in [6, 6.07) is 4.96. The van der Waals surface area contributed by atoms with Crippen molar-refractivity contribution in [3.05, 3.63) is 33.3 Å². The van der Waals surface area contributed by atoms with Crippen LogP contribution in [0.2, 0.25) is 5.02 Å². The highest BCUT2D eigenvalue weighted by molar-refractivity contribution is 9.10. The van der Waals surface area contributed by atoms with Gasteiger partial charge in [-0.15, -0.1) is 0 Å². The molecule has 5 heteroatoms. The van der Waals surface area contributed by atoms with Crippen molar-refractivity contribution in [2.24, 2.45) is 0 Å². The van der Waals surface area contributed by atoms with Gasteiger partial charge in [-0.25, -0.2) is 0 Å². The van der Waals surface area contributed by atoms with Gasteiger partial charge in [-0.05, 0) is 40.5 Å². The van der Waals surface area contributed by atoms with E-state index in [9.17, 15) is 9.59 Å². The zero-order chi connectivity index (χ0) is 14.3. The lowest BCUT2D eigenvalue weighted by Gasteiger charge is -2.05. The molecule has 1 rings (SSSR count). The fourth-order valence-electron chi connectivity index (χ4n) is 1.47. The summed E-state index contributed by atoms with van der Waals surface area (Å²) in [6.45, 7) is 2.45. The normalized spacial score (nSPS) is 10.3. The number of ketones is 1. The van der Waals surface area contributed by atoms with Crippen molar-refractivity contribution in [3.8, 4) is 0 Å². The summed E-state index contributed by atoms with van der Waals surface area (Å²) in [5.74, 6) is -0.428. The molecule has 0 radical (unpaired) electrons. The lowest BCUT2D eigenvalue weighted by atomic mass is 10.1. The van der Waals surface area contributed by atoms with Gasteiger partial charge in [-0.3, -0.25) is 9.59 Å². The van der Waals surface area contributed by atoms with Crippen molar-refractivity contribution < 1.29 is 14.3 Å².